The van der Waals surface area contributed by atoms with Crippen LogP contribution in [0, 0.1) is 0 Å². The van der Waals surface area contributed by atoms with Crippen LogP contribution in [-0.2, 0) is 17.0 Å². The highest BCUT2D eigenvalue weighted by Gasteiger charge is 2.34. The minimum atomic E-state index is -4.60. The quantitative estimate of drug-likeness (QED) is 0.188. The molecule has 0 radical (unpaired) electrons. The topological polar surface area (TPSA) is 61.4 Å². The van der Waals surface area contributed by atoms with E-state index in [1.807, 2.05) is 59.2 Å². The zero-order valence-corrected chi connectivity index (χ0v) is 28.6. The van der Waals surface area contributed by atoms with Crippen molar-refractivity contribution < 1.29 is 13.2 Å². The van der Waals surface area contributed by atoms with Crippen molar-refractivity contribution in [1.82, 2.24) is 29.1 Å². The molecule has 0 aliphatic carbocycles. The van der Waals surface area contributed by atoms with E-state index in [9.17, 15) is 13.2 Å². The standard InChI is InChI=1S/C41H35F3N6/c1-39(2,3)33-19-17-31-37(47-33)35-29(9-7-21-45-35)49(31)25-13-11-24(12-14-25)27-16-15-26(23-28(27)41(42,43)44)50-30-10-8-22-46-36(30)38-32(50)18-20-34(48-38)40(4,5)6/h7-23H,1-6H3. The van der Waals surface area contributed by atoms with E-state index in [1.165, 1.54) is 6.07 Å². The largest absolute Gasteiger partial charge is 0.417 e. The SMILES string of the molecule is CC(C)(C)c1ccc2c(n1)c1ncccc1n2-c1ccc(-c2ccc(-n3c4cccnc4c4nc(C(C)(C)C)ccc43)cc2C(F)(F)F)cc1. The van der Waals surface area contributed by atoms with Crippen molar-refractivity contribution in [3.63, 3.8) is 0 Å². The Morgan fingerprint density at radius 2 is 0.960 bits per heavy atom. The average molecular weight is 669 g/mol. The summed E-state index contributed by atoms with van der Waals surface area (Å²) >= 11 is 0. The first kappa shape index (κ1) is 31.7. The van der Waals surface area contributed by atoms with Crippen LogP contribution in [0.1, 0.15) is 58.5 Å². The van der Waals surface area contributed by atoms with Gasteiger partial charge in [-0.2, -0.15) is 13.2 Å². The van der Waals surface area contributed by atoms with E-state index < -0.39 is 11.7 Å². The van der Waals surface area contributed by atoms with E-state index in [4.69, 9.17) is 9.97 Å². The lowest BCUT2D eigenvalue weighted by atomic mass is 9.91. The van der Waals surface area contributed by atoms with Gasteiger partial charge in [0.05, 0.1) is 27.6 Å². The van der Waals surface area contributed by atoms with Gasteiger partial charge in [-0.3, -0.25) is 9.97 Å². The van der Waals surface area contributed by atoms with Gasteiger partial charge in [0.2, 0.25) is 0 Å². The van der Waals surface area contributed by atoms with Crippen molar-refractivity contribution in [1.29, 1.82) is 0 Å². The monoisotopic (exact) mass is 668 g/mol. The third-order valence-corrected chi connectivity index (χ3v) is 9.27. The molecule has 0 atom stereocenters. The summed E-state index contributed by atoms with van der Waals surface area (Å²) in [6.07, 6.45) is -1.17. The van der Waals surface area contributed by atoms with Gasteiger partial charge in [-0.25, -0.2) is 9.97 Å². The van der Waals surface area contributed by atoms with Gasteiger partial charge in [-0.15, -0.1) is 0 Å². The molecule has 6 nitrogen and oxygen atoms in total. The molecule has 0 unspecified atom stereocenters. The first-order valence-corrected chi connectivity index (χ1v) is 16.6. The van der Waals surface area contributed by atoms with Crippen LogP contribution < -0.4 is 0 Å². The fraction of sp³-hybridized carbons (Fsp3) is 0.220. The number of nitrogens with zero attached hydrogens (tertiary/aromatic N) is 6. The Bertz CT molecular complexity index is 2600. The van der Waals surface area contributed by atoms with Gasteiger partial charge in [0, 0.05) is 46.0 Å². The maximum Gasteiger partial charge on any atom is 0.417 e. The van der Waals surface area contributed by atoms with Crippen LogP contribution in [0.4, 0.5) is 13.2 Å². The molecule has 250 valence electrons. The number of benzene rings is 2. The lowest BCUT2D eigenvalue weighted by Crippen LogP contribution is -2.13. The van der Waals surface area contributed by atoms with Gasteiger partial charge in [0.15, 0.2) is 0 Å². The summed E-state index contributed by atoms with van der Waals surface area (Å²) in [7, 11) is 0. The molecule has 0 amide bonds. The summed E-state index contributed by atoms with van der Waals surface area (Å²) in [5.74, 6) is 0. The van der Waals surface area contributed by atoms with E-state index >= 15 is 0 Å². The lowest BCUT2D eigenvalue weighted by Gasteiger charge is -2.18. The summed E-state index contributed by atoms with van der Waals surface area (Å²) in [5, 5.41) is 0. The highest BCUT2D eigenvalue weighted by Crippen LogP contribution is 2.41. The summed E-state index contributed by atoms with van der Waals surface area (Å²) in [4.78, 5) is 19.1. The van der Waals surface area contributed by atoms with Crippen LogP contribution in [0.3, 0.4) is 0 Å². The van der Waals surface area contributed by atoms with Crippen LogP contribution in [0.15, 0.2) is 103 Å². The molecule has 0 fully saturated rings. The lowest BCUT2D eigenvalue weighted by molar-refractivity contribution is -0.137. The number of rotatable bonds is 3. The van der Waals surface area contributed by atoms with Gasteiger partial charge in [0.1, 0.15) is 22.1 Å². The second kappa shape index (κ2) is 11.0. The highest BCUT2D eigenvalue weighted by atomic mass is 19.4. The third kappa shape index (κ3) is 5.11. The van der Waals surface area contributed by atoms with Gasteiger partial charge in [0.25, 0.3) is 0 Å². The molecular formula is C41H35F3N6. The van der Waals surface area contributed by atoms with Gasteiger partial charge in [-0.1, -0.05) is 59.7 Å². The number of alkyl halides is 3. The number of fused-ring (bicyclic) bond motifs is 6. The Morgan fingerprint density at radius 1 is 0.500 bits per heavy atom. The molecule has 6 aromatic heterocycles. The molecule has 2 aromatic carbocycles. The van der Waals surface area contributed by atoms with Crippen LogP contribution in [0.5, 0.6) is 0 Å². The second-order valence-electron chi connectivity index (χ2n) is 14.8. The van der Waals surface area contributed by atoms with Crippen molar-refractivity contribution in [3.05, 3.63) is 120 Å². The molecular weight excluding hydrogens is 633 g/mol. The summed E-state index contributed by atoms with van der Waals surface area (Å²) in [5.41, 5.74) is 8.52. The van der Waals surface area contributed by atoms with Crippen molar-refractivity contribution in [2.24, 2.45) is 0 Å². The average Bonchev–Trinajstić information content (AvgIpc) is 3.59. The number of aromatic nitrogens is 6. The molecule has 9 heteroatoms. The van der Waals surface area contributed by atoms with E-state index in [2.05, 4.69) is 56.1 Å². The predicted octanol–water partition coefficient (Wildman–Crippen LogP) is 10.7. The normalized spacial score (nSPS) is 12.9. The Hall–Kier alpha value is -5.57. The molecule has 0 saturated heterocycles. The summed E-state index contributed by atoms with van der Waals surface area (Å²) in [6, 6.07) is 27.1. The molecule has 0 spiro atoms. The molecule has 0 aliphatic rings. The predicted molar refractivity (Wildman–Crippen MR) is 194 cm³/mol. The number of hydrogen-bond acceptors (Lipinski definition) is 4. The number of pyridine rings is 4. The first-order valence-electron chi connectivity index (χ1n) is 16.6. The van der Waals surface area contributed by atoms with Crippen LogP contribution >= 0.6 is 0 Å². The molecule has 8 rings (SSSR count). The molecule has 0 bridgehead atoms. The molecule has 50 heavy (non-hydrogen) atoms. The Labute approximate surface area is 287 Å². The number of halogens is 3. The minimum absolute atomic E-state index is 0.0974. The highest BCUT2D eigenvalue weighted by molar-refractivity contribution is 6.05. The van der Waals surface area contributed by atoms with E-state index in [0.717, 1.165) is 39.1 Å². The molecule has 0 aliphatic heterocycles. The fourth-order valence-electron chi connectivity index (χ4n) is 6.73. The Balaban J connectivity index is 1.25. The van der Waals surface area contributed by atoms with Crippen LogP contribution in [0.25, 0.3) is 66.6 Å². The Kier molecular flexibility index (Phi) is 6.95. The van der Waals surface area contributed by atoms with Gasteiger partial charge >= 0.3 is 6.18 Å². The zero-order valence-electron chi connectivity index (χ0n) is 28.6. The maximum atomic E-state index is 14.9. The summed E-state index contributed by atoms with van der Waals surface area (Å²) < 4.78 is 48.5. The number of hydrogen-bond donors (Lipinski definition) is 0. The van der Waals surface area contributed by atoms with E-state index in [1.54, 1.807) is 42.7 Å². The molecule has 6 heterocycles. The van der Waals surface area contributed by atoms with E-state index in [0.29, 0.717) is 33.3 Å². The van der Waals surface area contributed by atoms with Crippen molar-refractivity contribution in [3.8, 4) is 22.5 Å². The smallest absolute Gasteiger partial charge is 0.306 e. The van der Waals surface area contributed by atoms with Crippen molar-refractivity contribution in [2.75, 3.05) is 0 Å². The van der Waals surface area contributed by atoms with Crippen LogP contribution in [-0.4, -0.2) is 29.1 Å². The Morgan fingerprint density at radius 3 is 1.44 bits per heavy atom. The molecule has 8 aromatic rings. The third-order valence-electron chi connectivity index (χ3n) is 9.27. The fourth-order valence-corrected chi connectivity index (χ4v) is 6.73. The van der Waals surface area contributed by atoms with E-state index in [-0.39, 0.29) is 16.4 Å². The van der Waals surface area contributed by atoms with Crippen LogP contribution in [0.2, 0.25) is 0 Å². The molecule has 0 N–H and O–H groups in total. The second-order valence-corrected chi connectivity index (χ2v) is 14.8. The van der Waals surface area contributed by atoms with Gasteiger partial charge < -0.3 is 9.13 Å². The van der Waals surface area contributed by atoms with Crippen molar-refractivity contribution >= 4 is 44.1 Å². The van der Waals surface area contributed by atoms with Crippen molar-refractivity contribution in [2.45, 2.75) is 58.5 Å². The zero-order chi connectivity index (χ0) is 35.2. The molecule has 0 saturated carbocycles. The first-order chi connectivity index (χ1) is 23.7. The van der Waals surface area contributed by atoms with Gasteiger partial charge in [-0.05, 0) is 83.9 Å². The minimum Gasteiger partial charge on any atom is -0.306 e. The maximum absolute atomic E-state index is 14.9. The summed E-state index contributed by atoms with van der Waals surface area (Å²) in [6.45, 7) is 12.6.